The summed E-state index contributed by atoms with van der Waals surface area (Å²) in [6.45, 7) is 2.87. The SMILES string of the molecule is CC1CCN(S(=O)(=O)NC[C@H]2CN(S(=O)(=O)c3ccc(F)c(Cl)c3)c3cc(N(C(=O)O)C(C)(C)C(F)(F)F)ccc3O2)C1. The summed E-state index contributed by atoms with van der Waals surface area (Å²) < 4.78 is 119. The lowest BCUT2D eigenvalue weighted by molar-refractivity contribution is -0.175. The number of benzene rings is 2. The van der Waals surface area contributed by atoms with Gasteiger partial charge in [-0.1, -0.05) is 18.5 Å². The summed E-state index contributed by atoms with van der Waals surface area (Å²) in [6.07, 6.45) is -7.42. The lowest BCUT2D eigenvalue weighted by Gasteiger charge is -2.39. The van der Waals surface area contributed by atoms with E-state index < -0.39 is 72.1 Å². The molecular weight excluding hydrogens is 644 g/mol. The Bertz CT molecular complexity index is 1620. The summed E-state index contributed by atoms with van der Waals surface area (Å²) in [5, 5.41) is 9.21. The Morgan fingerprint density at radius 3 is 2.37 bits per heavy atom. The van der Waals surface area contributed by atoms with Crippen LogP contribution in [0.3, 0.4) is 0 Å². The second kappa shape index (κ2) is 11.6. The number of nitrogens with zero attached hydrogens (tertiary/aromatic N) is 3. The van der Waals surface area contributed by atoms with Crippen molar-refractivity contribution >= 4 is 49.3 Å². The molecule has 2 aliphatic heterocycles. The predicted molar refractivity (Wildman–Crippen MR) is 150 cm³/mol. The summed E-state index contributed by atoms with van der Waals surface area (Å²) in [5.74, 6) is -0.930. The van der Waals surface area contributed by atoms with Crippen LogP contribution in [0.2, 0.25) is 5.02 Å². The van der Waals surface area contributed by atoms with Crippen LogP contribution in [0.4, 0.5) is 33.7 Å². The van der Waals surface area contributed by atoms with Crippen molar-refractivity contribution < 1.29 is 49.0 Å². The van der Waals surface area contributed by atoms with Gasteiger partial charge in [0.2, 0.25) is 0 Å². The molecule has 4 rings (SSSR count). The number of fused-ring (bicyclic) bond motifs is 1. The maximum Gasteiger partial charge on any atom is 0.412 e. The quantitative estimate of drug-likeness (QED) is 0.396. The molecule has 0 bridgehead atoms. The fraction of sp³-hybridized carbons (Fsp3) is 0.480. The lowest BCUT2D eigenvalue weighted by atomic mass is 10.0. The second-order valence-corrected chi connectivity index (χ2v) is 14.8. The summed E-state index contributed by atoms with van der Waals surface area (Å²) in [5.41, 5.74) is -3.77. The maximum atomic E-state index is 13.9. The summed E-state index contributed by atoms with van der Waals surface area (Å²) in [7, 11) is -8.57. The van der Waals surface area contributed by atoms with Gasteiger partial charge in [-0.3, -0.25) is 9.21 Å². The molecule has 0 spiro atoms. The number of anilines is 2. The van der Waals surface area contributed by atoms with Gasteiger partial charge in [0, 0.05) is 13.1 Å². The summed E-state index contributed by atoms with van der Waals surface area (Å²) in [4.78, 5) is 11.6. The van der Waals surface area contributed by atoms with Crippen LogP contribution >= 0.6 is 11.6 Å². The van der Waals surface area contributed by atoms with Crippen LogP contribution in [0, 0.1) is 11.7 Å². The molecule has 43 heavy (non-hydrogen) atoms. The van der Waals surface area contributed by atoms with Crippen LogP contribution in [0.1, 0.15) is 27.2 Å². The molecule has 238 valence electrons. The zero-order valence-electron chi connectivity index (χ0n) is 23.1. The predicted octanol–water partition coefficient (Wildman–Crippen LogP) is 4.44. The van der Waals surface area contributed by atoms with Crippen molar-refractivity contribution in [3.63, 3.8) is 0 Å². The third kappa shape index (κ3) is 6.50. The number of amides is 1. The van der Waals surface area contributed by atoms with E-state index in [9.17, 15) is 44.3 Å². The molecule has 1 unspecified atom stereocenters. The van der Waals surface area contributed by atoms with Gasteiger partial charge in [0.25, 0.3) is 20.2 Å². The molecule has 2 N–H and O–H groups in total. The van der Waals surface area contributed by atoms with Gasteiger partial charge in [0.1, 0.15) is 23.2 Å². The molecule has 2 aromatic rings. The highest BCUT2D eigenvalue weighted by atomic mass is 35.5. The first kappa shape index (κ1) is 33.0. The summed E-state index contributed by atoms with van der Waals surface area (Å²) in [6, 6.07) is 5.60. The normalized spacial score (nSPS) is 20.0. The minimum absolute atomic E-state index is 0.0457. The van der Waals surface area contributed by atoms with E-state index in [-0.39, 0.29) is 28.8 Å². The van der Waals surface area contributed by atoms with Gasteiger partial charge in [0.05, 0.1) is 34.4 Å². The molecule has 2 heterocycles. The highest BCUT2D eigenvalue weighted by molar-refractivity contribution is 7.92. The van der Waals surface area contributed by atoms with Crippen LogP contribution in [-0.2, 0) is 20.2 Å². The highest BCUT2D eigenvalue weighted by Crippen LogP contribution is 2.44. The van der Waals surface area contributed by atoms with Gasteiger partial charge in [-0.05, 0) is 62.6 Å². The fourth-order valence-electron chi connectivity index (χ4n) is 4.74. The number of hydrogen-bond donors (Lipinski definition) is 2. The van der Waals surface area contributed by atoms with Gasteiger partial charge >= 0.3 is 12.3 Å². The van der Waals surface area contributed by atoms with Crippen LogP contribution in [0.15, 0.2) is 41.3 Å². The number of carboxylic acid groups (broad SMARTS) is 1. The Morgan fingerprint density at radius 1 is 1.14 bits per heavy atom. The van der Waals surface area contributed by atoms with E-state index in [1.165, 1.54) is 4.31 Å². The molecule has 11 nitrogen and oxygen atoms in total. The Hall–Kier alpha value is -2.86. The van der Waals surface area contributed by atoms with Gasteiger partial charge in [0.15, 0.2) is 0 Å². The Balaban J connectivity index is 1.76. The van der Waals surface area contributed by atoms with E-state index >= 15 is 0 Å². The van der Waals surface area contributed by atoms with E-state index in [1.807, 2.05) is 6.92 Å². The number of halogens is 5. The molecule has 2 aromatic carbocycles. The number of alkyl halides is 3. The second-order valence-electron chi connectivity index (χ2n) is 10.8. The lowest BCUT2D eigenvalue weighted by Crippen LogP contribution is -2.57. The van der Waals surface area contributed by atoms with Crippen molar-refractivity contribution in [1.29, 1.82) is 0 Å². The van der Waals surface area contributed by atoms with Crippen molar-refractivity contribution in [2.24, 2.45) is 5.92 Å². The maximum absolute atomic E-state index is 13.9. The Labute approximate surface area is 251 Å². The number of ether oxygens (including phenoxy) is 1. The number of sulfonamides is 1. The third-order valence-corrected chi connectivity index (χ3v) is 10.9. The molecule has 1 amide bonds. The standard InChI is InChI=1S/C25H29ClF4N4O7S2/c1-15-8-9-32(13-15)43(39,40)31-12-17-14-33(42(37,38)18-5-6-20(27)19(26)11-18)21-10-16(4-7-22(21)41-17)34(23(35)36)24(2,3)25(28,29)30/h4-7,10-11,15,17,31H,8-9,12-14H2,1-3H3,(H,35,36)/t15?,17-/m0/s1. The van der Waals surface area contributed by atoms with Crippen molar-refractivity contribution in [1.82, 2.24) is 9.03 Å². The minimum Gasteiger partial charge on any atom is -0.485 e. The fourth-order valence-corrected chi connectivity index (χ4v) is 7.89. The number of nitrogens with one attached hydrogen (secondary N) is 1. The first-order valence-electron chi connectivity index (χ1n) is 12.9. The van der Waals surface area contributed by atoms with Crippen LogP contribution in [0.5, 0.6) is 5.75 Å². The number of carbonyl (C=O) groups is 1. The van der Waals surface area contributed by atoms with E-state index in [0.29, 0.717) is 33.4 Å². The Kier molecular flexibility index (Phi) is 8.89. The molecule has 0 saturated carbocycles. The van der Waals surface area contributed by atoms with Gasteiger partial charge < -0.3 is 9.84 Å². The highest BCUT2D eigenvalue weighted by Gasteiger charge is 2.54. The van der Waals surface area contributed by atoms with E-state index in [0.717, 1.165) is 40.7 Å². The largest absolute Gasteiger partial charge is 0.485 e. The topological polar surface area (TPSA) is 137 Å². The average molecular weight is 673 g/mol. The van der Waals surface area contributed by atoms with Gasteiger partial charge in [-0.25, -0.2) is 17.6 Å². The minimum atomic E-state index is -5.01. The van der Waals surface area contributed by atoms with Crippen molar-refractivity contribution in [2.45, 2.75) is 49.9 Å². The number of rotatable bonds is 8. The van der Waals surface area contributed by atoms with E-state index in [2.05, 4.69) is 4.72 Å². The first-order valence-corrected chi connectivity index (χ1v) is 16.1. The molecule has 0 aromatic heterocycles. The first-order chi connectivity index (χ1) is 19.8. The van der Waals surface area contributed by atoms with Crippen LogP contribution in [-0.4, -0.2) is 76.3 Å². The van der Waals surface area contributed by atoms with E-state index in [1.54, 1.807) is 0 Å². The number of hydrogen-bond acceptors (Lipinski definition) is 6. The molecule has 1 fully saturated rings. The van der Waals surface area contributed by atoms with E-state index in [4.69, 9.17) is 16.3 Å². The molecule has 18 heteroatoms. The monoisotopic (exact) mass is 672 g/mol. The zero-order chi connectivity index (χ0) is 32.1. The summed E-state index contributed by atoms with van der Waals surface area (Å²) >= 11 is 5.81. The average Bonchev–Trinajstić information content (AvgIpc) is 3.35. The van der Waals surface area contributed by atoms with Gasteiger partial charge in [-0.15, -0.1) is 0 Å². The van der Waals surface area contributed by atoms with Crippen LogP contribution in [0.25, 0.3) is 0 Å². The molecule has 1 saturated heterocycles. The molecule has 0 radical (unpaired) electrons. The zero-order valence-corrected chi connectivity index (χ0v) is 25.5. The smallest absolute Gasteiger partial charge is 0.412 e. The third-order valence-electron chi connectivity index (χ3n) is 7.28. The molecule has 2 atom stereocenters. The Morgan fingerprint density at radius 2 is 1.81 bits per heavy atom. The van der Waals surface area contributed by atoms with Gasteiger partial charge in [-0.2, -0.15) is 30.6 Å². The van der Waals surface area contributed by atoms with Crippen molar-refractivity contribution in [3.8, 4) is 5.75 Å². The van der Waals surface area contributed by atoms with Crippen molar-refractivity contribution in [3.05, 3.63) is 47.2 Å². The molecule has 0 aliphatic carbocycles. The molecular formula is C25H29ClF4N4O7S2. The van der Waals surface area contributed by atoms with Crippen LogP contribution < -0.4 is 18.7 Å². The molecule has 2 aliphatic rings. The van der Waals surface area contributed by atoms with Crippen molar-refractivity contribution in [2.75, 3.05) is 35.4 Å².